The van der Waals surface area contributed by atoms with E-state index >= 15 is 0 Å². The number of nitrogens with one attached hydrogen (secondary N) is 1. The fraction of sp³-hybridized carbons (Fsp3) is 0.467. The first kappa shape index (κ1) is 26.8. The summed E-state index contributed by atoms with van der Waals surface area (Å²) < 4.78 is 21.8. The number of hydrogen-bond donors (Lipinski definition) is 1. The van der Waals surface area contributed by atoms with Crippen LogP contribution in [0.4, 0.5) is 0 Å². The summed E-state index contributed by atoms with van der Waals surface area (Å²) in [7, 11) is -2.67. The van der Waals surface area contributed by atoms with Gasteiger partial charge in [0.1, 0.15) is 6.23 Å². The quantitative estimate of drug-likeness (QED) is 0.482. The molecule has 3 aromatic rings. The average Bonchev–Trinajstić information content (AvgIpc) is 2.90. The lowest BCUT2D eigenvalue weighted by Gasteiger charge is -2.47. The van der Waals surface area contributed by atoms with E-state index in [9.17, 15) is 9.59 Å². The van der Waals surface area contributed by atoms with Crippen molar-refractivity contribution in [1.29, 1.82) is 0 Å². The van der Waals surface area contributed by atoms with Gasteiger partial charge in [-0.2, -0.15) is 0 Å². The van der Waals surface area contributed by atoms with Crippen LogP contribution in [0, 0.1) is 0 Å². The molecule has 1 aromatic heterocycles. The Balaban J connectivity index is 1.39. The van der Waals surface area contributed by atoms with Gasteiger partial charge in [0.05, 0.1) is 12.7 Å². The summed E-state index contributed by atoms with van der Waals surface area (Å²) in [5.74, 6) is -0.754. The van der Waals surface area contributed by atoms with Crippen LogP contribution in [0.3, 0.4) is 0 Å². The van der Waals surface area contributed by atoms with E-state index in [1.54, 1.807) is 0 Å². The summed E-state index contributed by atoms with van der Waals surface area (Å²) in [6.45, 7) is 7.30. The Morgan fingerprint density at radius 3 is 2.11 bits per heavy atom. The van der Waals surface area contributed by atoms with Gasteiger partial charge in [-0.1, -0.05) is 81.4 Å². The molecular weight excluding hydrogens is 496 g/mol. The zero-order valence-corrected chi connectivity index (χ0v) is 23.5. The molecule has 0 bridgehead atoms. The molecule has 2 fully saturated rings. The summed E-state index contributed by atoms with van der Waals surface area (Å²) in [6.07, 6.45) is 5.90. The first-order valence-corrected chi connectivity index (χ1v) is 15.6. The average molecular weight is 535 g/mol. The van der Waals surface area contributed by atoms with Gasteiger partial charge < -0.3 is 13.9 Å². The van der Waals surface area contributed by atoms with Crippen molar-refractivity contribution in [1.82, 2.24) is 9.55 Å². The van der Waals surface area contributed by atoms with E-state index in [2.05, 4.69) is 86.4 Å². The molecule has 0 aliphatic carbocycles. The lowest BCUT2D eigenvalue weighted by molar-refractivity contribution is -0.330. The lowest BCUT2D eigenvalue weighted by Crippen LogP contribution is -2.67. The maximum Gasteiger partial charge on any atom is 0.330 e. The lowest BCUT2D eigenvalue weighted by atomic mass is 9.94. The SMILES string of the molecule is CC(C)(C)[Si](OC[C@@H]1CCC[C@]2(CCC[C@H](n3ccc(=O)[nH]c3=O)O2)O1)(c1ccccc1)c1ccccc1. The van der Waals surface area contributed by atoms with Gasteiger partial charge in [-0.3, -0.25) is 14.3 Å². The smallest absolute Gasteiger partial charge is 0.330 e. The zero-order valence-electron chi connectivity index (χ0n) is 22.5. The van der Waals surface area contributed by atoms with Crippen molar-refractivity contribution in [2.75, 3.05) is 6.61 Å². The maximum absolute atomic E-state index is 12.4. The standard InChI is InChI=1S/C30H38N2O5Si/c1-29(2,3)38(24-13-6-4-7-14-24,25-15-8-5-9-16-25)35-22-23-12-10-19-30(36-23)20-11-17-27(37-30)32-21-18-26(33)31-28(32)34/h4-9,13-16,18,21,23,27H,10-12,17,19-20,22H2,1-3H3,(H,31,33,34)/t23-,27+,30-/m0/s1. The second-order valence-corrected chi connectivity index (χ2v) is 15.8. The van der Waals surface area contributed by atoms with Crippen LogP contribution < -0.4 is 21.6 Å². The van der Waals surface area contributed by atoms with Crippen LogP contribution in [-0.4, -0.2) is 36.4 Å². The minimum absolute atomic E-state index is 0.111. The van der Waals surface area contributed by atoms with Gasteiger partial charge in [-0.05, 0) is 41.1 Å². The normalized spacial score (nSPS) is 24.4. The minimum Gasteiger partial charge on any atom is -0.405 e. The van der Waals surface area contributed by atoms with Gasteiger partial charge in [0.25, 0.3) is 13.9 Å². The van der Waals surface area contributed by atoms with Crippen molar-refractivity contribution in [3.8, 4) is 0 Å². The van der Waals surface area contributed by atoms with Crippen molar-refractivity contribution >= 4 is 18.7 Å². The largest absolute Gasteiger partial charge is 0.405 e. The van der Waals surface area contributed by atoms with E-state index in [1.807, 2.05) is 0 Å². The first-order valence-electron chi connectivity index (χ1n) is 13.6. The van der Waals surface area contributed by atoms with Gasteiger partial charge >= 0.3 is 5.69 Å². The number of rotatable bonds is 6. The van der Waals surface area contributed by atoms with E-state index < -0.39 is 31.6 Å². The summed E-state index contributed by atoms with van der Waals surface area (Å²) in [5.41, 5.74) is -0.867. The van der Waals surface area contributed by atoms with Crippen LogP contribution in [-0.2, 0) is 13.9 Å². The number of nitrogens with zero attached hydrogens (tertiary/aromatic N) is 1. The maximum atomic E-state index is 12.4. The third-order valence-corrected chi connectivity index (χ3v) is 12.9. The number of hydrogen-bond acceptors (Lipinski definition) is 5. The van der Waals surface area contributed by atoms with E-state index in [-0.39, 0.29) is 11.1 Å². The fourth-order valence-corrected chi connectivity index (χ4v) is 10.7. The molecule has 1 N–H and O–H groups in total. The first-order chi connectivity index (χ1) is 18.2. The third-order valence-electron chi connectivity index (χ3n) is 7.89. The molecule has 5 rings (SSSR count). The van der Waals surface area contributed by atoms with Crippen LogP contribution in [0.1, 0.15) is 65.5 Å². The monoisotopic (exact) mass is 534 g/mol. The van der Waals surface area contributed by atoms with Crippen LogP contribution in [0.25, 0.3) is 0 Å². The highest BCUT2D eigenvalue weighted by molar-refractivity contribution is 6.99. The highest BCUT2D eigenvalue weighted by Gasteiger charge is 2.51. The number of benzene rings is 2. The van der Waals surface area contributed by atoms with E-state index in [0.717, 1.165) is 32.1 Å². The second kappa shape index (κ2) is 10.8. The number of aromatic nitrogens is 2. The summed E-state index contributed by atoms with van der Waals surface area (Å²) in [6, 6.07) is 22.6. The zero-order chi connectivity index (χ0) is 26.8. The topological polar surface area (TPSA) is 82.6 Å². The van der Waals surface area contributed by atoms with E-state index in [0.29, 0.717) is 13.0 Å². The molecule has 3 heterocycles. The molecule has 0 unspecified atom stereocenters. The molecule has 1 spiro atoms. The van der Waals surface area contributed by atoms with Gasteiger partial charge in [0, 0.05) is 25.1 Å². The Hall–Kier alpha value is -2.78. The van der Waals surface area contributed by atoms with Crippen LogP contribution in [0.2, 0.25) is 5.04 Å². The Morgan fingerprint density at radius 1 is 0.921 bits per heavy atom. The van der Waals surface area contributed by atoms with Gasteiger partial charge in [0.2, 0.25) is 0 Å². The molecule has 8 heteroatoms. The number of aromatic amines is 1. The van der Waals surface area contributed by atoms with E-state index in [4.69, 9.17) is 13.9 Å². The van der Waals surface area contributed by atoms with Crippen molar-refractivity contribution in [3.05, 3.63) is 93.8 Å². The molecule has 7 nitrogen and oxygen atoms in total. The molecule has 2 aliphatic heterocycles. The Labute approximate surface area is 224 Å². The number of ether oxygens (including phenoxy) is 2. The number of H-pyrrole nitrogens is 1. The summed E-state index contributed by atoms with van der Waals surface area (Å²) in [4.78, 5) is 26.3. The summed E-state index contributed by atoms with van der Waals surface area (Å²) in [5, 5.41) is 2.38. The second-order valence-electron chi connectivity index (χ2n) is 11.5. The fourth-order valence-electron chi connectivity index (χ4n) is 6.15. The van der Waals surface area contributed by atoms with Gasteiger partial charge in [-0.15, -0.1) is 0 Å². The van der Waals surface area contributed by atoms with Crippen LogP contribution in [0.5, 0.6) is 0 Å². The Morgan fingerprint density at radius 2 is 1.53 bits per heavy atom. The van der Waals surface area contributed by atoms with Gasteiger partial charge in [-0.25, -0.2) is 4.79 Å². The molecule has 38 heavy (non-hydrogen) atoms. The van der Waals surface area contributed by atoms with Crippen molar-refractivity contribution in [2.45, 2.75) is 82.5 Å². The van der Waals surface area contributed by atoms with E-state index in [1.165, 1.54) is 27.2 Å². The Bertz CT molecular complexity index is 1290. The summed E-state index contributed by atoms with van der Waals surface area (Å²) >= 11 is 0. The molecule has 0 amide bonds. The molecule has 2 aliphatic rings. The van der Waals surface area contributed by atoms with Gasteiger partial charge in [0.15, 0.2) is 5.79 Å². The highest BCUT2D eigenvalue weighted by Crippen LogP contribution is 2.43. The van der Waals surface area contributed by atoms with Crippen LogP contribution >= 0.6 is 0 Å². The molecule has 0 saturated carbocycles. The molecule has 202 valence electrons. The van der Waals surface area contributed by atoms with Crippen LogP contribution in [0.15, 0.2) is 82.5 Å². The molecule has 0 radical (unpaired) electrons. The molecule has 3 atom stereocenters. The predicted molar refractivity (Wildman–Crippen MR) is 150 cm³/mol. The molecule has 2 saturated heterocycles. The predicted octanol–water partition coefficient (Wildman–Crippen LogP) is 4.08. The Kier molecular flexibility index (Phi) is 7.60. The third kappa shape index (κ3) is 5.23. The minimum atomic E-state index is -2.67. The van der Waals surface area contributed by atoms with Crippen molar-refractivity contribution in [2.24, 2.45) is 0 Å². The molecule has 2 aromatic carbocycles. The van der Waals surface area contributed by atoms with Crippen molar-refractivity contribution < 1.29 is 13.9 Å². The van der Waals surface area contributed by atoms with Crippen molar-refractivity contribution in [3.63, 3.8) is 0 Å². The highest BCUT2D eigenvalue weighted by atomic mass is 28.4. The molecular formula is C30H38N2O5Si.